The van der Waals surface area contributed by atoms with Gasteiger partial charge in [0, 0.05) is 11.1 Å². The number of likely N-dealkylation sites (tertiary alicyclic amines) is 1. The van der Waals surface area contributed by atoms with E-state index in [0.717, 1.165) is 18.8 Å². The van der Waals surface area contributed by atoms with Crippen molar-refractivity contribution in [1.29, 1.82) is 0 Å². The first-order chi connectivity index (χ1) is 11.7. The van der Waals surface area contributed by atoms with Crippen molar-refractivity contribution in [2.45, 2.75) is 23.8 Å². The average molecular weight is 342 g/mol. The zero-order chi connectivity index (χ0) is 16.9. The second-order valence-corrected chi connectivity index (χ2v) is 6.96. The fraction of sp³-hybridized carbons (Fsp3) is 0.368. The Bertz CT molecular complexity index is 668. The summed E-state index contributed by atoms with van der Waals surface area (Å²) in [6, 6.07) is 14.7. The minimum Gasteiger partial charge on any atom is -0.481 e. The van der Waals surface area contributed by atoms with Crippen molar-refractivity contribution in [2.75, 3.05) is 19.3 Å². The van der Waals surface area contributed by atoms with E-state index in [1.54, 1.807) is 11.8 Å². The first-order valence-corrected chi connectivity index (χ1v) is 9.43. The molecule has 0 saturated carbocycles. The molecule has 0 radical (unpaired) electrons. The van der Waals surface area contributed by atoms with E-state index in [2.05, 4.69) is 46.5 Å². The van der Waals surface area contributed by atoms with Crippen molar-refractivity contribution in [3.8, 4) is 0 Å². The molecule has 1 aromatic carbocycles. The molecule has 0 amide bonds. The van der Waals surface area contributed by atoms with E-state index in [9.17, 15) is 9.90 Å². The van der Waals surface area contributed by atoms with Crippen LogP contribution in [0.4, 0.5) is 0 Å². The number of carboxylic acid groups (broad SMARTS) is 1. The van der Waals surface area contributed by atoms with Crippen molar-refractivity contribution in [3.05, 3.63) is 59.9 Å². The van der Waals surface area contributed by atoms with E-state index in [0.29, 0.717) is 12.8 Å². The van der Waals surface area contributed by atoms with Crippen molar-refractivity contribution in [1.82, 2.24) is 9.88 Å². The van der Waals surface area contributed by atoms with Gasteiger partial charge in [-0.3, -0.25) is 14.7 Å². The van der Waals surface area contributed by atoms with Crippen LogP contribution in [-0.2, 0) is 4.79 Å². The van der Waals surface area contributed by atoms with Crippen molar-refractivity contribution in [2.24, 2.45) is 5.92 Å². The van der Waals surface area contributed by atoms with E-state index in [4.69, 9.17) is 0 Å². The van der Waals surface area contributed by atoms with Gasteiger partial charge in [-0.15, -0.1) is 11.8 Å². The predicted molar refractivity (Wildman–Crippen MR) is 96.2 cm³/mol. The maximum atomic E-state index is 11.2. The molecule has 5 heteroatoms. The molecule has 0 bridgehead atoms. The van der Waals surface area contributed by atoms with Crippen LogP contribution in [0.2, 0.25) is 0 Å². The number of aliphatic carboxylic acids is 1. The number of piperidine rings is 1. The summed E-state index contributed by atoms with van der Waals surface area (Å²) in [7, 11) is 0. The van der Waals surface area contributed by atoms with Gasteiger partial charge < -0.3 is 5.11 Å². The molecule has 1 aliphatic heterocycles. The minimum absolute atomic E-state index is 0.0804. The molecule has 0 spiro atoms. The van der Waals surface area contributed by atoms with Gasteiger partial charge in [-0.2, -0.15) is 0 Å². The highest BCUT2D eigenvalue weighted by molar-refractivity contribution is 7.98. The maximum Gasteiger partial charge on any atom is 0.306 e. The van der Waals surface area contributed by atoms with Crippen LogP contribution in [0.15, 0.2) is 53.6 Å². The second kappa shape index (κ2) is 7.81. The number of carbonyl (C=O) groups is 1. The molecule has 4 nitrogen and oxygen atoms in total. The summed E-state index contributed by atoms with van der Waals surface area (Å²) in [4.78, 5) is 19.4. The van der Waals surface area contributed by atoms with E-state index in [1.807, 2.05) is 18.3 Å². The summed E-state index contributed by atoms with van der Waals surface area (Å²) in [6.45, 7) is 1.56. The van der Waals surface area contributed by atoms with Crippen LogP contribution in [0.5, 0.6) is 0 Å². The van der Waals surface area contributed by atoms with Crippen LogP contribution in [0, 0.1) is 5.92 Å². The number of carboxylic acids is 1. The van der Waals surface area contributed by atoms with Gasteiger partial charge in [0.15, 0.2) is 0 Å². The van der Waals surface area contributed by atoms with Crippen molar-refractivity contribution >= 4 is 17.7 Å². The van der Waals surface area contributed by atoms with E-state index in [-0.39, 0.29) is 12.0 Å². The summed E-state index contributed by atoms with van der Waals surface area (Å²) >= 11 is 1.73. The number of thioether (sulfide) groups is 1. The average Bonchev–Trinajstić information content (AvgIpc) is 2.64. The first kappa shape index (κ1) is 17.0. The van der Waals surface area contributed by atoms with Gasteiger partial charge in [0.05, 0.1) is 17.7 Å². The molecule has 1 aromatic heterocycles. The fourth-order valence-electron chi connectivity index (χ4n) is 3.30. The SMILES string of the molecule is CSc1ccc(C(c2ccccn2)N2CCC(C(=O)O)CC2)cc1. The highest BCUT2D eigenvalue weighted by Gasteiger charge is 2.30. The largest absolute Gasteiger partial charge is 0.481 e. The van der Waals surface area contributed by atoms with E-state index < -0.39 is 5.97 Å². The standard InChI is InChI=1S/C19H22N2O2S/c1-24-16-7-5-14(6-8-16)18(17-4-2-3-11-20-17)21-12-9-15(10-13-21)19(22)23/h2-8,11,15,18H,9-10,12-13H2,1H3,(H,22,23). The monoisotopic (exact) mass is 342 g/mol. The minimum atomic E-state index is -0.673. The van der Waals surface area contributed by atoms with E-state index >= 15 is 0 Å². The van der Waals surface area contributed by atoms with Crippen LogP contribution in [0.25, 0.3) is 0 Å². The summed E-state index contributed by atoms with van der Waals surface area (Å²) in [5.41, 5.74) is 2.23. The molecular weight excluding hydrogens is 320 g/mol. The summed E-state index contributed by atoms with van der Waals surface area (Å²) in [6.07, 6.45) is 5.29. The zero-order valence-electron chi connectivity index (χ0n) is 13.8. The van der Waals surface area contributed by atoms with Crippen molar-refractivity contribution < 1.29 is 9.90 Å². The molecule has 1 unspecified atom stereocenters. The molecule has 0 aliphatic carbocycles. The quantitative estimate of drug-likeness (QED) is 0.840. The molecule has 2 heterocycles. The smallest absolute Gasteiger partial charge is 0.306 e. The molecule has 126 valence electrons. The Hall–Kier alpha value is -1.85. The van der Waals surface area contributed by atoms with Gasteiger partial charge in [-0.05, 0) is 62.0 Å². The highest BCUT2D eigenvalue weighted by atomic mass is 32.2. The number of aromatic nitrogens is 1. The van der Waals surface area contributed by atoms with Gasteiger partial charge in [0.1, 0.15) is 0 Å². The van der Waals surface area contributed by atoms with Gasteiger partial charge in [-0.1, -0.05) is 18.2 Å². The molecule has 2 aromatic rings. The van der Waals surface area contributed by atoms with Crippen LogP contribution in [0.3, 0.4) is 0 Å². The molecule has 1 fully saturated rings. The summed E-state index contributed by atoms with van der Waals surface area (Å²) in [5.74, 6) is -0.891. The molecule has 1 atom stereocenters. The highest BCUT2D eigenvalue weighted by Crippen LogP contribution is 2.32. The molecule has 1 aliphatic rings. The Labute approximate surface area is 146 Å². The molecular formula is C19H22N2O2S. The fourth-order valence-corrected chi connectivity index (χ4v) is 3.71. The van der Waals surface area contributed by atoms with Crippen LogP contribution in [0.1, 0.15) is 30.1 Å². The Kier molecular flexibility index (Phi) is 5.53. The van der Waals surface area contributed by atoms with Crippen LogP contribution in [-0.4, -0.2) is 40.3 Å². The summed E-state index contributed by atoms with van der Waals surface area (Å²) < 4.78 is 0. The Morgan fingerprint density at radius 2 is 1.92 bits per heavy atom. The van der Waals surface area contributed by atoms with Gasteiger partial charge in [0.25, 0.3) is 0 Å². The number of hydrogen-bond donors (Lipinski definition) is 1. The molecule has 3 rings (SSSR count). The number of nitrogens with zero attached hydrogens (tertiary/aromatic N) is 2. The van der Waals surface area contributed by atoms with Gasteiger partial charge >= 0.3 is 5.97 Å². The Morgan fingerprint density at radius 3 is 2.46 bits per heavy atom. The lowest BCUT2D eigenvalue weighted by molar-refractivity contribution is -0.143. The third-order valence-electron chi connectivity index (χ3n) is 4.64. The number of benzene rings is 1. The lowest BCUT2D eigenvalue weighted by Crippen LogP contribution is -2.39. The van der Waals surface area contributed by atoms with Gasteiger partial charge in [-0.25, -0.2) is 0 Å². The normalized spacial score (nSPS) is 17.5. The number of hydrogen-bond acceptors (Lipinski definition) is 4. The van der Waals surface area contributed by atoms with E-state index in [1.165, 1.54) is 10.5 Å². The third-order valence-corrected chi connectivity index (χ3v) is 5.39. The first-order valence-electron chi connectivity index (χ1n) is 8.21. The zero-order valence-corrected chi connectivity index (χ0v) is 14.6. The Morgan fingerprint density at radius 1 is 1.21 bits per heavy atom. The summed E-state index contributed by atoms with van der Waals surface area (Å²) in [5, 5.41) is 9.22. The Balaban J connectivity index is 1.87. The second-order valence-electron chi connectivity index (χ2n) is 6.08. The van der Waals surface area contributed by atoms with Crippen molar-refractivity contribution in [3.63, 3.8) is 0 Å². The van der Waals surface area contributed by atoms with Gasteiger partial charge in [0.2, 0.25) is 0 Å². The molecule has 24 heavy (non-hydrogen) atoms. The lowest BCUT2D eigenvalue weighted by Gasteiger charge is -2.36. The molecule has 1 N–H and O–H groups in total. The third kappa shape index (κ3) is 3.79. The van der Waals surface area contributed by atoms with Crippen LogP contribution >= 0.6 is 11.8 Å². The number of pyridine rings is 1. The lowest BCUT2D eigenvalue weighted by atomic mass is 9.93. The maximum absolute atomic E-state index is 11.2. The topological polar surface area (TPSA) is 53.4 Å². The van der Waals surface area contributed by atoms with Crippen LogP contribution < -0.4 is 0 Å². The number of rotatable bonds is 5. The molecule has 1 saturated heterocycles. The predicted octanol–water partition coefficient (Wildman–Crippen LogP) is 3.69.